The highest BCUT2D eigenvalue weighted by Crippen LogP contribution is 2.33. The van der Waals surface area contributed by atoms with Gasteiger partial charge in [-0.2, -0.15) is 0 Å². The number of para-hydroxylation sites is 1. The zero-order chi connectivity index (χ0) is 19.8. The zero-order valence-electron chi connectivity index (χ0n) is 15.6. The Hall–Kier alpha value is -1.83. The Balaban J connectivity index is 1.35. The monoisotopic (exact) mass is 407 g/mol. The van der Waals surface area contributed by atoms with E-state index in [4.69, 9.17) is 4.74 Å². The van der Waals surface area contributed by atoms with Crippen molar-refractivity contribution < 1.29 is 23.4 Å². The minimum absolute atomic E-state index is 0.113. The molecule has 1 aromatic carbocycles. The Labute approximate surface area is 166 Å². The number of thiophene rings is 1. The van der Waals surface area contributed by atoms with Crippen molar-refractivity contribution in [2.45, 2.75) is 50.9 Å². The van der Waals surface area contributed by atoms with E-state index in [1.165, 1.54) is 10.9 Å². The molecule has 2 aliphatic carbocycles. The molecule has 1 heterocycles. The number of fused-ring (bicyclic) bond motifs is 1. The molecule has 0 bridgehead atoms. The third-order valence-electron chi connectivity index (χ3n) is 5.66. The number of hydrogen-bond donors (Lipinski definition) is 2. The van der Waals surface area contributed by atoms with E-state index >= 15 is 0 Å². The van der Waals surface area contributed by atoms with Crippen molar-refractivity contribution in [3.05, 3.63) is 51.2 Å². The van der Waals surface area contributed by atoms with E-state index in [1.54, 1.807) is 11.3 Å². The van der Waals surface area contributed by atoms with E-state index in [1.807, 2.05) is 13.0 Å². The van der Waals surface area contributed by atoms with E-state index < -0.39 is 29.6 Å². The number of nitrogens with one attached hydrogen (secondary N) is 1. The molecule has 2 N–H and O–H groups in total. The van der Waals surface area contributed by atoms with Crippen LogP contribution >= 0.6 is 11.3 Å². The van der Waals surface area contributed by atoms with Crippen molar-refractivity contribution in [2.24, 2.45) is 5.92 Å². The summed E-state index contributed by atoms with van der Waals surface area (Å²) in [6.45, 7) is 2.49. The Morgan fingerprint density at radius 3 is 2.75 bits per heavy atom. The van der Waals surface area contributed by atoms with Crippen LogP contribution in [0.15, 0.2) is 24.3 Å². The molecular weight excluding hydrogens is 384 g/mol. The molecule has 4 unspecified atom stereocenters. The first-order valence-corrected chi connectivity index (χ1v) is 10.4. The summed E-state index contributed by atoms with van der Waals surface area (Å²) in [6, 6.07) is 5.23. The molecule has 4 atom stereocenters. The molecule has 0 aliphatic heterocycles. The standard InChI is InChI=1S/C21H23F2NO3S/c1-11-9-13-18(28-11)8-5-12(19(13)25)10-24-16-6-7-17(20(16)26)27-21-14(22)3-2-4-15(21)23/h2-4,9,12,16-17,20,24,26H,5-8,10H2,1H3. The average Bonchev–Trinajstić information content (AvgIpc) is 3.21. The van der Waals surface area contributed by atoms with Crippen LogP contribution in [0.3, 0.4) is 0 Å². The second kappa shape index (κ2) is 7.89. The van der Waals surface area contributed by atoms with Gasteiger partial charge in [-0.3, -0.25) is 4.79 Å². The molecule has 0 radical (unpaired) electrons. The van der Waals surface area contributed by atoms with Crippen LogP contribution in [0.25, 0.3) is 0 Å². The van der Waals surface area contributed by atoms with Crippen molar-refractivity contribution in [1.82, 2.24) is 5.32 Å². The number of ether oxygens (including phenoxy) is 1. The number of ketones is 1. The number of rotatable bonds is 5. The number of aryl methyl sites for hydroxylation is 2. The minimum Gasteiger partial charge on any atom is -0.482 e. The third kappa shape index (κ3) is 3.71. The minimum atomic E-state index is -0.892. The molecule has 150 valence electrons. The van der Waals surface area contributed by atoms with Gasteiger partial charge < -0.3 is 15.2 Å². The zero-order valence-corrected chi connectivity index (χ0v) is 16.4. The summed E-state index contributed by atoms with van der Waals surface area (Å²) in [5, 5.41) is 13.8. The predicted molar refractivity (Wildman–Crippen MR) is 103 cm³/mol. The normalized spacial score (nSPS) is 27.1. The van der Waals surface area contributed by atoms with E-state index in [0.717, 1.165) is 35.4 Å². The second-order valence-corrected chi connectivity index (χ2v) is 8.92. The number of carbonyl (C=O) groups is 1. The highest BCUT2D eigenvalue weighted by Gasteiger charge is 2.38. The largest absolute Gasteiger partial charge is 0.482 e. The molecule has 4 nitrogen and oxygen atoms in total. The number of hydrogen-bond acceptors (Lipinski definition) is 5. The highest BCUT2D eigenvalue weighted by atomic mass is 32.1. The van der Waals surface area contributed by atoms with Crippen LogP contribution in [0.5, 0.6) is 5.75 Å². The van der Waals surface area contributed by atoms with Crippen LogP contribution in [0.2, 0.25) is 0 Å². The van der Waals surface area contributed by atoms with Crippen LogP contribution in [-0.2, 0) is 6.42 Å². The summed E-state index contributed by atoms with van der Waals surface area (Å²) in [5.41, 5.74) is 0.837. The van der Waals surface area contributed by atoms with Gasteiger partial charge in [-0.1, -0.05) is 6.07 Å². The van der Waals surface area contributed by atoms with Crippen molar-refractivity contribution in [3.63, 3.8) is 0 Å². The summed E-state index contributed by atoms with van der Waals surface area (Å²) in [4.78, 5) is 15.0. The Morgan fingerprint density at radius 1 is 1.25 bits per heavy atom. The fourth-order valence-electron chi connectivity index (χ4n) is 4.14. The first-order chi connectivity index (χ1) is 13.4. The summed E-state index contributed by atoms with van der Waals surface area (Å²) < 4.78 is 33.0. The van der Waals surface area contributed by atoms with Crippen LogP contribution in [0.4, 0.5) is 8.78 Å². The number of carbonyl (C=O) groups excluding carboxylic acids is 1. The molecule has 4 rings (SSSR count). The van der Waals surface area contributed by atoms with E-state index in [-0.39, 0.29) is 17.7 Å². The summed E-state index contributed by atoms with van der Waals surface area (Å²) in [7, 11) is 0. The molecule has 2 aromatic rings. The van der Waals surface area contributed by atoms with E-state index in [9.17, 15) is 18.7 Å². The number of halogens is 2. The number of Topliss-reactive ketones (excluding diaryl/α,β-unsaturated/α-hetero) is 1. The van der Waals surface area contributed by atoms with Crippen molar-refractivity contribution in [1.29, 1.82) is 0 Å². The predicted octanol–water partition coefficient (Wildman–Crippen LogP) is 3.64. The van der Waals surface area contributed by atoms with Crippen LogP contribution in [0.1, 0.15) is 39.4 Å². The van der Waals surface area contributed by atoms with Crippen LogP contribution in [0, 0.1) is 24.5 Å². The Bertz CT molecular complexity index is 864. The van der Waals surface area contributed by atoms with Crippen LogP contribution < -0.4 is 10.1 Å². The van der Waals surface area contributed by atoms with Gasteiger partial charge in [0.2, 0.25) is 0 Å². The SMILES string of the molecule is Cc1cc2c(s1)CCC(CNC1CCC(Oc3c(F)cccc3F)C1O)C2=O. The lowest BCUT2D eigenvalue weighted by molar-refractivity contribution is 0.0398. The van der Waals surface area contributed by atoms with Gasteiger partial charge in [0, 0.05) is 33.8 Å². The summed E-state index contributed by atoms with van der Waals surface area (Å²) in [6.07, 6.45) is 1.22. The molecule has 0 amide bonds. The van der Waals surface area contributed by atoms with Crippen molar-refractivity contribution in [2.75, 3.05) is 6.54 Å². The van der Waals surface area contributed by atoms with E-state index in [0.29, 0.717) is 19.4 Å². The fourth-order valence-corrected chi connectivity index (χ4v) is 5.20. The molecule has 1 saturated carbocycles. The maximum atomic E-state index is 13.8. The topological polar surface area (TPSA) is 58.6 Å². The van der Waals surface area contributed by atoms with E-state index in [2.05, 4.69) is 5.32 Å². The third-order valence-corrected chi connectivity index (χ3v) is 6.77. The van der Waals surface area contributed by atoms with Crippen molar-refractivity contribution in [3.8, 4) is 5.75 Å². The van der Waals surface area contributed by atoms with Gasteiger partial charge in [0.05, 0.1) is 0 Å². The van der Waals surface area contributed by atoms with Gasteiger partial charge in [-0.15, -0.1) is 11.3 Å². The summed E-state index contributed by atoms with van der Waals surface area (Å²) >= 11 is 1.68. The molecular formula is C21H23F2NO3S. The second-order valence-electron chi connectivity index (χ2n) is 7.58. The molecule has 28 heavy (non-hydrogen) atoms. The van der Waals surface area contributed by atoms with Crippen LogP contribution in [-0.4, -0.2) is 35.7 Å². The lowest BCUT2D eigenvalue weighted by atomic mass is 9.87. The maximum absolute atomic E-state index is 13.8. The van der Waals surface area contributed by atoms with Gasteiger partial charge in [0.25, 0.3) is 0 Å². The molecule has 0 spiro atoms. The first kappa shape index (κ1) is 19.5. The van der Waals surface area contributed by atoms with Gasteiger partial charge in [0.1, 0.15) is 12.2 Å². The fraction of sp³-hybridized carbons (Fsp3) is 0.476. The summed E-state index contributed by atoms with van der Waals surface area (Å²) in [5.74, 6) is -1.96. The van der Waals surface area contributed by atoms with Gasteiger partial charge >= 0.3 is 0 Å². The first-order valence-electron chi connectivity index (χ1n) is 9.59. The Kier molecular flexibility index (Phi) is 5.49. The molecule has 7 heteroatoms. The molecule has 1 fully saturated rings. The highest BCUT2D eigenvalue weighted by molar-refractivity contribution is 7.12. The molecule has 0 saturated heterocycles. The Morgan fingerprint density at radius 2 is 2.00 bits per heavy atom. The number of benzene rings is 1. The smallest absolute Gasteiger partial charge is 0.191 e. The van der Waals surface area contributed by atoms with Gasteiger partial charge in [0.15, 0.2) is 23.2 Å². The number of aliphatic hydroxyl groups excluding tert-OH is 1. The molecule has 1 aromatic heterocycles. The average molecular weight is 407 g/mol. The number of aliphatic hydroxyl groups is 1. The quantitative estimate of drug-likeness (QED) is 0.795. The van der Waals surface area contributed by atoms with Crippen molar-refractivity contribution >= 4 is 17.1 Å². The lowest BCUT2D eigenvalue weighted by Gasteiger charge is -2.25. The van der Waals surface area contributed by atoms with Gasteiger partial charge in [-0.25, -0.2) is 8.78 Å². The lowest BCUT2D eigenvalue weighted by Crippen LogP contribution is -2.44. The van der Waals surface area contributed by atoms with Gasteiger partial charge in [-0.05, 0) is 50.8 Å². The molecule has 2 aliphatic rings. The maximum Gasteiger partial charge on any atom is 0.191 e.